The lowest BCUT2D eigenvalue weighted by Crippen LogP contribution is -2.00. The molecule has 0 radical (unpaired) electrons. The highest BCUT2D eigenvalue weighted by Gasteiger charge is 1.95. The number of unbranched alkanes of at least 4 members (excludes halogenated alkanes) is 19. The zero-order chi connectivity index (χ0) is 18.3. The molecule has 0 aliphatic carbocycles. The van der Waals surface area contributed by atoms with E-state index in [0.29, 0.717) is 0 Å². The zero-order valence-corrected chi connectivity index (χ0v) is 17.1. The van der Waals surface area contributed by atoms with Gasteiger partial charge in [-0.25, -0.2) is 5.90 Å². The first-order chi connectivity index (χ1) is 12.4. The molecule has 0 aromatic rings. The molecule has 0 aliphatic heterocycles. The molecule has 0 rings (SSSR count). The number of hydrogen-bond acceptors (Lipinski definition) is 3. The molecule has 152 valence electrons. The van der Waals surface area contributed by atoms with E-state index in [1.807, 2.05) is 0 Å². The lowest BCUT2D eigenvalue weighted by Gasteiger charge is -2.04. The van der Waals surface area contributed by atoms with E-state index in [1.54, 1.807) is 0 Å². The summed E-state index contributed by atoms with van der Waals surface area (Å²) in [5.41, 5.74) is 5.51. The second kappa shape index (κ2) is 23.9. The first-order valence-electron chi connectivity index (χ1n) is 11.4. The molecule has 0 spiro atoms. The van der Waals surface area contributed by atoms with Crippen molar-refractivity contribution in [3.8, 4) is 0 Å². The monoisotopic (exact) mass is 356 g/mol. The van der Waals surface area contributed by atoms with Gasteiger partial charge in [-0.3, -0.25) is 0 Å². The molecule has 4 N–H and O–H groups in total. The van der Waals surface area contributed by atoms with Crippen LogP contribution in [0.4, 0.5) is 0 Å². The number of nitrogens with two attached hydrogens (primary N) is 2. The van der Waals surface area contributed by atoms with Gasteiger partial charge in [0.2, 0.25) is 0 Å². The van der Waals surface area contributed by atoms with Crippen molar-refractivity contribution in [2.24, 2.45) is 11.6 Å². The molecule has 0 atom stereocenters. The smallest absolute Gasteiger partial charge is 0.0679 e. The van der Waals surface area contributed by atoms with Gasteiger partial charge in [-0.1, -0.05) is 116 Å². The molecule has 25 heavy (non-hydrogen) atoms. The van der Waals surface area contributed by atoms with Crippen LogP contribution in [-0.4, -0.2) is 13.2 Å². The van der Waals surface area contributed by atoms with Gasteiger partial charge in [0.05, 0.1) is 6.61 Å². The average molecular weight is 357 g/mol. The minimum absolute atomic E-state index is 0.717. The minimum atomic E-state index is 0.717. The van der Waals surface area contributed by atoms with Crippen LogP contribution >= 0.6 is 0 Å². The van der Waals surface area contributed by atoms with Gasteiger partial charge < -0.3 is 10.6 Å². The highest BCUT2D eigenvalue weighted by Crippen LogP contribution is 2.14. The van der Waals surface area contributed by atoms with Crippen LogP contribution < -0.4 is 11.6 Å². The van der Waals surface area contributed by atoms with Crippen molar-refractivity contribution in [3.63, 3.8) is 0 Å². The topological polar surface area (TPSA) is 61.3 Å². The van der Waals surface area contributed by atoms with E-state index in [2.05, 4.69) is 4.84 Å². The summed E-state index contributed by atoms with van der Waals surface area (Å²) in [6.45, 7) is 1.58. The molecule has 0 saturated heterocycles. The van der Waals surface area contributed by atoms with Crippen LogP contribution in [0.25, 0.3) is 0 Å². The highest BCUT2D eigenvalue weighted by atomic mass is 16.6. The fraction of sp³-hybridized carbons (Fsp3) is 1.00. The van der Waals surface area contributed by atoms with Crippen molar-refractivity contribution >= 4 is 0 Å². The molecule has 0 unspecified atom stereocenters. The minimum Gasteiger partial charge on any atom is -0.330 e. The normalized spacial score (nSPS) is 11.3. The largest absolute Gasteiger partial charge is 0.330 e. The molecule has 0 fully saturated rings. The van der Waals surface area contributed by atoms with Crippen LogP contribution in [0, 0.1) is 0 Å². The van der Waals surface area contributed by atoms with E-state index >= 15 is 0 Å². The summed E-state index contributed by atoms with van der Waals surface area (Å²) < 4.78 is 0. The Hall–Kier alpha value is -0.120. The lowest BCUT2D eigenvalue weighted by atomic mass is 10.0. The predicted molar refractivity (Wildman–Crippen MR) is 112 cm³/mol. The molecule has 0 bridgehead atoms. The maximum absolute atomic E-state index is 5.51. The zero-order valence-electron chi connectivity index (χ0n) is 17.1. The Balaban J connectivity index is 2.94. The van der Waals surface area contributed by atoms with Gasteiger partial charge in [-0.05, 0) is 19.4 Å². The SMILES string of the molecule is NCCCCCCCCCCCCCCCCCCCCCCON. The van der Waals surface area contributed by atoms with Crippen molar-refractivity contribution < 1.29 is 4.84 Å². The van der Waals surface area contributed by atoms with Gasteiger partial charge in [0.1, 0.15) is 0 Å². The van der Waals surface area contributed by atoms with Crippen LogP contribution in [0.3, 0.4) is 0 Å². The van der Waals surface area contributed by atoms with Crippen LogP contribution in [-0.2, 0) is 4.84 Å². The van der Waals surface area contributed by atoms with Crippen LogP contribution in [0.2, 0.25) is 0 Å². The van der Waals surface area contributed by atoms with Crippen molar-refractivity contribution in [3.05, 3.63) is 0 Å². The van der Waals surface area contributed by atoms with E-state index < -0.39 is 0 Å². The van der Waals surface area contributed by atoms with E-state index in [0.717, 1.165) is 19.6 Å². The summed E-state index contributed by atoms with van der Waals surface area (Å²) in [6, 6.07) is 0. The van der Waals surface area contributed by atoms with Gasteiger partial charge in [0.15, 0.2) is 0 Å². The first-order valence-corrected chi connectivity index (χ1v) is 11.4. The molecule has 0 aromatic heterocycles. The van der Waals surface area contributed by atoms with Gasteiger partial charge in [-0.2, -0.15) is 0 Å². The Labute approximate surface area is 158 Å². The molecule has 0 heterocycles. The van der Waals surface area contributed by atoms with E-state index in [9.17, 15) is 0 Å². The Bertz CT molecular complexity index is 202. The Kier molecular flexibility index (Phi) is 23.8. The summed E-state index contributed by atoms with van der Waals surface area (Å²) in [6.07, 6.45) is 27.8. The molecular formula is C22H48N2O. The van der Waals surface area contributed by atoms with Crippen LogP contribution in [0.5, 0.6) is 0 Å². The van der Waals surface area contributed by atoms with Crippen molar-refractivity contribution in [1.82, 2.24) is 0 Å². The second-order valence-corrected chi connectivity index (χ2v) is 7.73. The van der Waals surface area contributed by atoms with E-state index in [-0.39, 0.29) is 0 Å². The standard InChI is InChI=1S/C22H48N2O/c23-21-19-17-15-13-11-9-7-5-3-1-2-4-6-8-10-12-14-16-18-20-22-25-24/h1-24H2. The Morgan fingerprint density at radius 2 is 0.600 bits per heavy atom. The molecule has 0 amide bonds. The lowest BCUT2D eigenvalue weighted by molar-refractivity contribution is 0.133. The fourth-order valence-electron chi connectivity index (χ4n) is 3.51. The Morgan fingerprint density at radius 1 is 0.360 bits per heavy atom. The van der Waals surface area contributed by atoms with Gasteiger partial charge in [0, 0.05) is 0 Å². The predicted octanol–water partition coefficient (Wildman–Crippen LogP) is 6.64. The van der Waals surface area contributed by atoms with Crippen molar-refractivity contribution in [2.75, 3.05) is 13.2 Å². The molecular weight excluding hydrogens is 308 g/mol. The van der Waals surface area contributed by atoms with Gasteiger partial charge in [0.25, 0.3) is 0 Å². The molecule has 0 aromatic carbocycles. The Morgan fingerprint density at radius 3 is 0.840 bits per heavy atom. The fourth-order valence-corrected chi connectivity index (χ4v) is 3.51. The summed E-state index contributed by atoms with van der Waals surface area (Å²) in [4.78, 5) is 4.58. The van der Waals surface area contributed by atoms with Crippen molar-refractivity contribution in [1.29, 1.82) is 0 Å². The quantitative estimate of drug-likeness (QED) is 0.169. The molecule has 3 nitrogen and oxygen atoms in total. The second-order valence-electron chi connectivity index (χ2n) is 7.73. The average Bonchev–Trinajstić information content (AvgIpc) is 2.63. The summed E-state index contributed by atoms with van der Waals surface area (Å²) in [5.74, 6) is 5.01. The third-order valence-corrected chi connectivity index (χ3v) is 5.22. The summed E-state index contributed by atoms with van der Waals surface area (Å²) in [7, 11) is 0. The third kappa shape index (κ3) is 23.9. The summed E-state index contributed by atoms with van der Waals surface area (Å²) in [5, 5.41) is 0. The van der Waals surface area contributed by atoms with E-state index in [4.69, 9.17) is 11.6 Å². The number of hydrogen-bond donors (Lipinski definition) is 2. The maximum Gasteiger partial charge on any atom is 0.0679 e. The molecule has 0 aliphatic rings. The van der Waals surface area contributed by atoms with Crippen LogP contribution in [0.15, 0.2) is 0 Å². The van der Waals surface area contributed by atoms with Crippen LogP contribution in [0.1, 0.15) is 128 Å². The van der Waals surface area contributed by atoms with Crippen molar-refractivity contribution in [2.45, 2.75) is 128 Å². The van der Waals surface area contributed by atoms with Gasteiger partial charge >= 0.3 is 0 Å². The third-order valence-electron chi connectivity index (χ3n) is 5.22. The highest BCUT2D eigenvalue weighted by molar-refractivity contribution is 4.51. The van der Waals surface area contributed by atoms with E-state index in [1.165, 1.54) is 122 Å². The first kappa shape index (κ1) is 24.9. The molecule has 0 saturated carbocycles. The molecule has 3 heteroatoms. The maximum atomic E-state index is 5.51. The van der Waals surface area contributed by atoms with Gasteiger partial charge in [-0.15, -0.1) is 0 Å². The summed E-state index contributed by atoms with van der Waals surface area (Å²) >= 11 is 0. The number of rotatable bonds is 22.